The van der Waals surface area contributed by atoms with Gasteiger partial charge in [0.15, 0.2) is 0 Å². The van der Waals surface area contributed by atoms with Crippen molar-refractivity contribution in [2.75, 3.05) is 5.32 Å². The second-order valence-electron chi connectivity index (χ2n) is 4.98. The van der Waals surface area contributed by atoms with E-state index in [0.717, 1.165) is 4.47 Å². The number of halogens is 2. The summed E-state index contributed by atoms with van der Waals surface area (Å²) in [6.07, 6.45) is 3.76. The first kappa shape index (κ1) is 13.9. The highest BCUT2D eigenvalue weighted by atomic mass is 127. The summed E-state index contributed by atoms with van der Waals surface area (Å²) >= 11 is 7.94. The Balaban J connectivity index is 1.90. The number of thiophene rings is 1. The maximum atomic E-state index is 3.73. The van der Waals surface area contributed by atoms with Gasteiger partial charge in [0.1, 0.15) is 0 Å². The molecule has 0 bridgehead atoms. The lowest BCUT2D eigenvalue weighted by Gasteiger charge is -2.25. The lowest BCUT2D eigenvalue weighted by atomic mass is 9.93. The summed E-state index contributed by atoms with van der Waals surface area (Å²) in [6.45, 7) is 2.16. The van der Waals surface area contributed by atoms with Gasteiger partial charge < -0.3 is 5.32 Å². The molecule has 19 heavy (non-hydrogen) atoms. The van der Waals surface area contributed by atoms with E-state index in [2.05, 4.69) is 75.0 Å². The Morgan fingerprint density at radius 2 is 2.21 bits per heavy atom. The van der Waals surface area contributed by atoms with Crippen LogP contribution in [-0.2, 0) is 6.42 Å². The van der Waals surface area contributed by atoms with Crippen molar-refractivity contribution in [2.45, 2.75) is 32.2 Å². The third kappa shape index (κ3) is 3.00. The molecule has 1 N–H and O–H groups in total. The molecule has 1 heterocycles. The van der Waals surface area contributed by atoms with Crippen LogP contribution in [0.25, 0.3) is 0 Å². The van der Waals surface area contributed by atoms with Crippen LogP contribution in [-0.4, -0.2) is 0 Å². The monoisotopic (exact) mass is 447 g/mol. The van der Waals surface area contributed by atoms with Gasteiger partial charge in [0, 0.05) is 15.0 Å². The molecule has 0 amide bonds. The van der Waals surface area contributed by atoms with Crippen molar-refractivity contribution in [2.24, 2.45) is 0 Å². The minimum absolute atomic E-state index is 0.469. The van der Waals surface area contributed by atoms with Crippen LogP contribution in [0.15, 0.2) is 28.7 Å². The highest BCUT2D eigenvalue weighted by molar-refractivity contribution is 14.1. The summed E-state index contributed by atoms with van der Waals surface area (Å²) in [5.74, 6) is 0. The molecule has 0 spiro atoms. The van der Waals surface area contributed by atoms with Gasteiger partial charge in [0.2, 0.25) is 0 Å². The van der Waals surface area contributed by atoms with Gasteiger partial charge in [-0.15, -0.1) is 11.3 Å². The quantitative estimate of drug-likeness (QED) is 0.564. The van der Waals surface area contributed by atoms with Crippen LogP contribution in [0.3, 0.4) is 0 Å². The topological polar surface area (TPSA) is 12.0 Å². The molecule has 2 aromatic rings. The fraction of sp³-hybridized carbons (Fsp3) is 0.333. The minimum Gasteiger partial charge on any atom is -0.378 e. The fourth-order valence-electron chi connectivity index (χ4n) is 2.61. The number of rotatable bonds is 2. The van der Waals surface area contributed by atoms with Gasteiger partial charge in [-0.05, 0) is 78.1 Å². The summed E-state index contributed by atoms with van der Waals surface area (Å²) < 4.78 is 2.54. The lowest BCUT2D eigenvalue weighted by molar-refractivity contribution is 0.608. The molecule has 1 aromatic heterocycles. The maximum Gasteiger partial charge on any atom is 0.0660 e. The molecule has 4 heteroatoms. The van der Waals surface area contributed by atoms with Gasteiger partial charge in [0.25, 0.3) is 0 Å². The van der Waals surface area contributed by atoms with Crippen molar-refractivity contribution in [3.8, 4) is 0 Å². The molecule has 0 fully saturated rings. The molecule has 1 aliphatic rings. The van der Waals surface area contributed by atoms with Gasteiger partial charge in [-0.2, -0.15) is 0 Å². The standard InChI is InChI=1S/C15H15BrINS/c1-9-5-6-10(16)7-13(9)18-12-3-2-4-14-11(12)8-15(17)19-14/h5-8,12,18H,2-4H2,1H3. The molecule has 0 aliphatic heterocycles. The molecule has 100 valence electrons. The highest BCUT2D eigenvalue weighted by Crippen LogP contribution is 2.38. The Bertz CT molecular complexity index is 608. The zero-order valence-corrected chi connectivity index (χ0v) is 15.2. The first-order chi connectivity index (χ1) is 9.13. The number of benzene rings is 1. The van der Waals surface area contributed by atoms with Crippen LogP contribution in [0.1, 0.15) is 34.9 Å². The van der Waals surface area contributed by atoms with E-state index in [-0.39, 0.29) is 0 Å². The van der Waals surface area contributed by atoms with E-state index < -0.39 is 0 Å². The Hall–Kier alpha value is -0.0700. The van der Waals surface area contributed by atoms with Crippen LogP contribution in [0, 0.1) is 9.81 Å². The molecule has 3 rings (SSSR count). The predicted molar refractivity (Wildman–Crippen MR) is 95.2 cm³/mol. The molecule has 0 saturated heterocycles. The zero-order valence-electron chi connectivity index (χ0n) is 10.7. The smallest absolute Gasteiger partial charge is 0.0660 e. The Morgan fingerprint density at radius 1 is 1.37 bits per heavy atom. The normalized spacial score (nSPS) is 18.2. The molecule has 1 aliphatic carbocycles. The molecular weight excluding hydrogens is 433 g/mol. The van der Waals surface area contributed by atoms with Crippen LogP contribution in [0.2, 0.25) is 0 Å². The zero-order chi connectivity index (χ0) is 13.4. The molecule has 1 atom stereocenters. The van der Waals surface area contributed by atoms with E-state index in [1.807, 2.05) is 11.3 Å². The van der Waals surface area contributed by atoms with Crippen molar-refractivity contribution >= 4 is 55.5 Å². The summed E-state index contributed by atoms with van der Waals surface area (Å²) in [5.41, 5.74) is 4.06. The third-order valence-electron chi connectivity index (χ3n) is 3.61. The number of anilines is 1. The molecule has 0 radical (unpaired) electrons. The van der Waals surface area contributed by atoms with E-state index in [1.165, 1.54) is 39.0 Å². The van der Waals surface area contributed by atoms with Crippen molar-refractivity contribution in [3.05, 3.63) is 47.6 Å². The van der Waals surface area contributed by atoms with Crippen molar-refractivity contribution in [3.63, 3.8) is 0 Å². The van der Waals surface area contributed by atoms with E-state index in [9.17, 15) is 0 Å². The second-order valence-corrected chi connectivity index (χ2v) is 8.92. The maximum absolute atomic E-state index is 3.73. The Kier molecular flexibility index (Phi) is 4.19. The van der Waals surface area contributed by atoms with Crippen LogP contribution >= 0.6 is 49.9 Å². The number of aryl methyl sites for hydroxylation is 2. The largest absolute Gasteiger partial charge is 0.378 e. The minimum atomic E-state index is 0.469. The highest BCUT2D eigenvalue weighted by Gasteiger charge is 2.22. The number of hydrogen-bond acceptors (Lipinski definition) is 2. The van der Waals surface area contributed by atoms with Gasteiger partial charge >= 0.3 is 0 Å². The van der Waals surface area contributed by atoms with E-state index in [1.54, 1.807) is 4.88 Å². The number of nitrogens with one attached hydrogen (secondary N) is 1. The summed E-state index contributed by atoms with van der Waals surface area (Å²) in [7, 11) is 0. The first-order valence-corrected chi connectivity index (χ1v) is 9.13. The summed E-state index contributed by atoms with van der Waals surface area (Å²) in [6, 6.07) is 9.26. The summed E-state index contributed by atoms with van der Waals surface area (Å²) in [4.78, 5) is 1.57. The molecule has 1 nitrogen and oxygen atoms in total. The van der Waals surface area contributed by atoms with Crippen molar-refractivity contribution < 1.29 is 0 Å². The second kappa shape index (κ2) is 5.74. The average molecular weight is 448 g/mol. The lowest BCUT2D eigenvalue weighted by Crippen LogP contribution is -2.16. The van der Waals surface area contributed by atoms with Crippen LogP contribution in [0.5, 0.6) is 0 Å². The van der Waals surface area contributed by atoms with E-state index in [4.69, 9.17) is 0 Å². The molecule has 0 saturated carbocycles. The molecular formula is C15H15BrINS. The molecule has 1 unspecified atom stereocenters. The molecule has 1 aromatic carbocycles. The van der Waals surface area contributed by atoms with Gasteiger partial charge in [-0.25, -0.2) is 0 Å². The van der Waals surface area contributed by atoms with E-state index in [0.29, 0.717) is 6.04 Å². The number of fused-ring (bicyclic) bond motifs is 1. The third-order valence-corrected chi connectivity index (χ3v) is 6.08. The van der Waals surface area contributed by atoms with Crippen molar-refractivity contribution in [1.29, 1.82) is 0 Å². The van der Waals surface area contributed by atoms with Gasteiger partial charge in [0.05, 0.1) is 8.93 Å². The van der Waals surface area contributed by atoms with E-state index >= 15 is 0 Å². The van der Waals surface area contributed by atoms with Crippen LogP contribution < -0.4 is 5.32 Å². The first-order valence-electron chi connectivity index (χ1n) is 6.44. The van der Waals surface area contributed by atoms with Crippen LogP contribution in [0.4, 0.5) is 5.69 Å². The summed E-state index contributed by atoms with van der Waals surface area (Å²) in [5, 5.41) is 3.73. The SMILES string of the molecule is Cc1ccc(Br)cc1NC1CCCc2sc(I)cc21. The fourth-order valence-corrected chi connectivity index (χ4v) is 5.09. The average Bonchev–Trinajstić information content (AvgIpc) is 2.75. The predicted octanol–water partition coefficient (Wildman–Crippen LogP) is 5.91. The van der Waals surface area contributed by atoms with Gasteiger partial charge in [-0.3, -0.25) is 0 Å². The number of hydrogen-bond donors (Lipinski definition) is 1. The van der Waals surface area contributed by atoms with Crippen molar-refractivity contribution in [1.82, 2.24) is 0 Å². The van der Waals surface area contributed by atoms with Gasteiger partial charge in [-0.1, -0.05) is 22.0 Å². The Morgan fingerprint density at radius 3 is 3.05 bits per heavy atom. The Labute approximate surface area is 140 Å².